The third kappa shape index (κ3) is 16.0. The Kier molecular flexibility index (Phi) is 17.4. The van der Waals surface area contributed by atoms with Gasteiger partial charge in [-0.2, -0.15) is 0 Å². The Labute approximate surface area is 338 Å². The van der Waals surface area contributed by atoms with Crippen molar-refractivity contribution in [2.45, 2.75) is 206 Å². The lowest BCUT2D eigenvalue weighted by atomic mass is 9.56. The second kappa shape index (κ2) is 19.7. The monoisotopic (exact) mass is 737 g/mol. The summed E-state index contributed by atoms with van der Waals surface area (Å²) in [4.78, 5) is 0. The van der Waals surface area contributed by atoms with Crippen molar-refractivity contribution in [2.75, 3.05) is 0 Å². The first-order chi connectivity index (χ1) is 24.6. The van der Waals surface area contributed by atoms with E-state index in [4.69, 9.17) is 0 Å². The van der Waals surface area contributed by atoms with E-state index in [0.717, 1.165) is 11.8 Å². The SMILES string of the molecule is CC(C)(C)c1ccc(C(C)(C)C)cc1.CC(C)c1ccc(C(C)C)cc1.CC1(C)CCC(C(C)(C)C2CCC(C)(C)CC2)CC1.Cc1cc(C)cc(C)c1. The van der Waals surface area contributed by atoms with Gasteiger partial charge < -0.3 is 0 Å². The highest BCUT2D eigenvalue weighted by Gasteiger charge is 2.42. The summed E-state index contributed by atoms with van der Waals surface area (Å²) in [5, 5.41) is 0. The molecule has 0 aromatic heterocycles. The molecule has 0 heterocycles. The smallest absolute Gasteiger partial charge is 0.0132 e. The van der Waals surface area contributed by atoms with Gasteiger partial charge in [0.05, 0.1) is 0 Å². The number of hydrogen-bond donors (Lipinski definition) is 0. The van der Waals surface area contributed by atoms with Crippen LogP contribution in [-0.2, 0) is 10.8 Å². The molecule has 0 atom stereocenters. The number of rotatable bonds is 4. The fourth-order valence-electron chi connectivity index (χ4n) is 8.56. The first-order valence-electron chi connectivity index (χ1n) is 21.9. The van der Waals surface area contributed by atoms with Gasteiger partial charge in [-0.1, -0.05) is 194 Å². The number of benzene rings is 3. The van der Waals surface area contributed by atoms with Crippen LogP contribution in [0.25, 0.3) is 0 Å². The molecule has 0 nitrogen and oxygen atoms in total. The van der Waals surface area contributed by atoms with Gasteiger partial charge in [0.25, 0.3) is 0 Å². The minimum absolute atomic E-state index is 0.260. The zero-order valence-corrected chi connectivity index (χ0v) is 39.3. The van der Waals surface area contributed by atoms with Gasteiger partial charge in [-0.05, 0) is 145 Å². The summed E-state index contributed by atoms with van der Waals surface area (Å²) >= 11 is 0. The third-order valence-electron chi connectivity index (χ3n) is 13.0. The van der Waals surface area contributed by atoms with Crippen molar-refractivity contribution in [3.05, 3.63) is 106 Å². The predicted molar refractivity (Wildman–Crippen MR) is 244 cm³/mol. The van der Waals surface area contributed by atoms with Gasteiger partial charge in [-0.25, -0.2) is 0 Å². The Bertz CT molecular complexity index is 1350. The maximum Gasteiger partial charge on any atom is -0.0132 e. The normalized spacial score (nSPS) is 17.8. The van der Waals surface area contributed by atoms with E-state index in [-0.39, 0.29) is 10.8 Å². The predicted octanol–water partition coefficient (Wildman–Crippen LogP) is 17.3. The molecule has 0 saturated heterocycles. The summed E-state index contributed by atoms with van der Waals surface area (Å²) in [5.74, 6) is 3.25. The molecule has 2 aliphatic rings. The molecule has 0 aliphatic heterocycles. The van der Waals surface area contributed by atoms with Crippen LogP contribution in [-0.4, -0.2) is 0 Å². The summed E-state index contributed by atoms with van der Waals surface area (Å²) in [6.07, 6.45) is 11.7. The van der Waals surface area contributed by atoms with Crippen LogP contribution in [0.15, 0.2) is 66.7 Å². The molecule has 0 amide bonds. The largest absolute Gasteiger partial charge is 0.0599 e. The molecule has 3 aromatic rings. The molecule has 5 rings (SSSR count). The Hall–Kier alpha value is -2.34. The van der Waals surface area contributed by atoms with E-state index in [1.807, 2.05) is 0 Å². The number of hydrogen-bond acceptors (Lipinski definition) is 0. The van der Waals surface area contributed by atoms with Crippen LogP contribution < -0.4 is 0 Å². The highest BCUT2D eigenvalue weighted by Crippen LogP contribution is 2.53. The molecule has 0 bridgehead atoms. The third-order valence-corrected chi connectivity index (χ3v) is 13.0. The topological polar surface area (TPSA) is 0 Å². The van der Waals surface area contributed by atoms with E-state index in [0.29, 0.717) is 28.1 Å². The highest BCUT2D eigenvalue weighted by molar-refractivity contribution is 5.31. The van der Waals surface area contributed by atoms with Crippen molar-refractivity contribution in [1.29, 1.82) is 0 Å². The van der Waals surface area contributed by atoms with E-state index in [1.54, 1.807) is 0 Å². The van der Waals surface area contributed by atoms with Crippen LogP contribution in [0, 0.1) is 48.9 Å². The highest BCUT2D eigenvalue weighted by atomic mass is 14.5. The maximum atomic E-state index is 2.58. The van der Waals surface area contributed by atoms with Crippen LogP contribution in [0.4, 0.5) is 0 Å². The molecule has 304 valence electrons. The molecule has 0 unspecified atom stereocenters. The van der Waals surface area contributed by atoms with Crippen molar-refractivity contribution < 1.29 is 0 Å². The van der Waals surface area contributed by atoms with Crippen molar-refractivity contribution >= 4 is 0 Å². The lowest BCUT2D eigenvalue weighted by Gasteiger charge is -2.49. The van der Waals surface area contributed by atoms with Crippen molar-refractivity contribution in [2.24, 2.45) is 28.1 Å². The zero-order chi connectivity index (χ0) is 41.3. The molecule has 0 radical (unpaired) electrons. The van der Waals surface area contributed by atoms with E-state index in [9.17, 15) is 0 Å². The molecular weight excluding hydrogens is 649 g/mol. The average Bonchev–Trinajstić information content (AvgIpc) is 3.04. The minimum atomic E-state index is 0.260. The second-order valence-electron chi connectivity index (χ2n) is 22.4. The van der Waals surface area contributed by atoms with Crippen molar-refractivity contribution in [3.8, 4) is 0 Å². The van der Waals surface area contributed by atoms with Gasteiger partial charge in [-0.3, -0.25) is 0 Å². The molecule has 0 spiro atoms. The van der Waals surface area contributed by atoms with E-state index in [1.165, 1.54) is 90.3 Å². The van der Waals surface area contributed by atoms with Gasteiger partial charge >= 0.3 is 0 Å². The first-order valence-corrected chi connectivity index (χ1v) is 21.9. The number of aryl methyl sites for hydroxylation is 3. The molecule has 2 fully saturated rings. The van der Waals surface area contributed by atoms with Crippen molar-refractivity contribution in [1.82, 2.24) is 0 Å². The van der Waals surface area contributed by atoms with Crippen LogP contribution in [0.2, 0.25) is 0 Å². The summed E-state index contributed by atoms with van der Waals surface area (Å²) in [6.45, 7) is 43.8. The molecule has 0 N–H and O–H groups in total. The zero-order valence-electron chi connectivity index (χ0n) is 39.3. The molecule has 2 saturated carbocycles. The minimum Gasteiger partial charge on any atom is -0.0599 e. The Morgan fingerprint density at radius 3 is 0.889 bits per heavy atom. The lowest BCUT2D eigenvalue weighted by Crippen LogP contribution is -2.39. The maximum absolute atomic E-state index is 2.58. The Morgan fingerprint density at radius 2 is 0.685 bits per heavy atom. The van der Waals surface area contributed by atoms with Gasteiger partial charge in [-0.15, -0.1) is 0 Å². The molecule has 2 aliphatic carbocycles. The van der Waals surface area contributed by atoms with Crippen molar-refractivity contribution in [3.63, 3.8) is 0 Å². The fourth-order valence-corrected chi connectivity index (χ4v) is 8.56. The first kappa shape index (κ1) is 47.8. The second-order valence-corrected chi connectivity index (χ2v) is 22.4. The standard InChI is InChI=1S/C19H36.C14H22.C12H18.C9H12/c1-17(2)11-7-15(8-12-17)19(5,6)16-9-13-18(3,4)14-10-16;1-13(2,3)11-7-9-12(10-8-11)14(4,5)6;1-9(2)11-5-7-12(8-6-11)10(3)4;1-7-4-8(2)6-9(3)5-7/h15-16H,7-14H2,1-6H3;7-10H,1-6H3;5-10H,1-4H3;4-6H,1-3H3. The fraction of sp³-hybridized carbons (Fsp3) is 0.667. The summed E-state index contributed by atoms with van der Waals surface area (Å²) in [6, 6.07) is 24.5. The quantitative estimate of drug-likeness (QED) is 0.250. The summed E-state index contributed by atoms with van der Waals surface area (Å²) in [5.41, 5.74) is 12.1. The van der Waals surface area contributed by atoms with E-state index >= 15 is 0 Å². The lowest BCUT2D eigenvalue weighted by molar-refractivity contribution is 0.0148. The van der Waals surface area contributed by atoms with Crippen LogP contribution in [0.5, 0.6) is 0 Å². The average molecular weight is 737 g/mol. The van der Waals surface area contributed by atoms with Crippen LogP contribution in [0.1, 0.15) is 213 Å². The van der Waals surface area contributed by atoms with Gasteiger partial charge in [0.2, 0.25) is 0 Å². The van der Waals surface area contributed by atoms with E-state index < -0.39 is 0 Å². The molecule has 54 heavy (non-hydrogen) atoms. The van der Waals surface area contributed by atoms with Crippen LogP contribution >= 0.6 is 0 Å². The van der Waals surface area contributed by atoms with Gasteiger partial charge in [0.1, 0.15) is 0 Å². The molecule has 0 heteroatoms. The molecular formula is C54H88. The Morgan fingerprint density at radius 1 is 0.444 bits per heavy atom. The van der Waals surface area contributed by atoms with E-state index in [2.05, 4.69) is 198 Å². The summed E-state index contributed by atoms with van der Waals surface area (Å²) < 4.78 is 0. The Balaban J connectivity index is 0.000000258. The summed E-state index contributed by atoms with van der Waals surface area (Å²) in [7, 11) is 0. The van der Waals surface area contributed by atoms with Gasteiger partial charge in [0.15, 0.2) is 0 Å². The van der Waals surface area contributed by atoms with Crippen LogP contribution in [0.3, 0.4) is 0 Å². The van der Waals surface area contributed by atoms with Gasteiger partial charge in [0, 0.05) is 0 Å². The molecule has 3 aromatic carbocycles.